The fraction of sp³-hybridized carbons (Fsp3) is 0.615. The quantitative estimate of drug-likeness (QED) is 0.890. The van der Waals surface area contributed by atoms with Crippen molar-refractivity contribution in [3.8, 4) is 0 Å². The van der Waals surface area contributed by atoms with Crippen molar-refractivity contribution >= 4 is 23.0 Å². The van der Waals surface area contributed by atoms with E-state index in [0.717, 1.165) is 18.8 Å². The zero-order valence-corrected chi connectivity index (χ0v) is 11.7. The predicted octanol–water partition coefficient (Wildman–Crippen LogP) is 2.37. The summed E-state index contributed by atoms with van der Waals surface area (Å²) < 4.78 is 0. The van der Waals surface area contributed by atoms with Crippen LogP contribution in [0.4, 0.5) is 5.69 Å². The summed E-state index contributed by atoms with van der Waals surface area (Å²) in [5.41, 5.74) is 1.01. The van der Waals surface area contributed by atoms with Crippen molar-refractivity contribution in [3.05, 3.63) is 16.3 Å². The summed E-state index contributed by atoms with van der Waals surface area (Å²) in [6.07, 6.45) is 2.52. The van der Waals surface area contributed by atoms with Gasteiger partial charge in [0.1, 0.15) is 4.88 Å². The molecular formula is C13H20N2O2S. The molecule has 1 aromatic rings. The highest BCUT2D eigenvalue weighted by atomic mass is 32.1. The van der Waals surface area contributed by atoms with Crippen molar-refractivity contribution in [2.45, 2.75) is 25.8 Å². The minimum Gasteiger partial charge on any atom is -0.477 e. The fourth-order valence-corrected chi connectivity index (χ4v) is 3.36. The minimum absolute atomic E-state index is 0.413. The molecule has 0 radical (unpaired) electrons. The van der Waals surface area contributed by atoms with Gasteiger partial charge in [-0.15, -0.1) is 11.3 Å². The second-order valence-electron chi connectivity index (χ2n) is 4.78. The molecule has 2 rings (SSSR count). The molecular weight excluding hydrogens is 248 g/mol. The maximum atomic E-state index is 10.9. The van der Waals surface area contributed by atoms with Crippen LogP contribution in [0.5, 0.6) is 0 Å². The Balaban J connectivity index is 1.98. The molecule has 1 aromatic heterocycles. The van der Waals surface area contributed by atoms with Crippen LogP contribution in [0.2, 0.25) is 0 Å². The first-order valence-corrected chi connectivity index (χ1v) is 7.26. The Morgan fingerprint density at radius 1 is 1.67 bits per heavy atom. The molecule has 1 aliphatic rings. The summed E-state index contributed by atoms with van der Waals surface area (Å²) in [5.74, 6) is -0.837. The molecule has 4 nitrogen and oxygen atoms in total. The Morgan fingerprint density at radius 3 is 3.06 bits per heavy atom. The fourth-order valence-electron chi connectivity index (χ4n) is 2.58. The maximum Gasteiger partial charge on any atom is 0.345 e. The Labute approximate surface area is 112 Å². The van der Waals surface area contributed by atoms with Crippen molar-refractivity contribution in [1.29, 1.82) is 0 Å². The number of carboxylic acids is 1. The summed E-state index contributed by atoms with van der Waals surface area (Å²) in [6, 6.07) is 2.37. The average molecular weight is 268 g/mol. The molecule has 1 atom stereocenters. The Bertz CT molecular complexity index is 419. The second-order valence-corrected chi connectivity index (χ2v) is 5.69. The summed E-state index contributed by atoms with van der Waals surface area (Å²) >= 11 is 1.30. The molecule has 0 amide bonds. The molecule has 0 aromatic carbocycles. The Morgan fingerprint density at radius 2 is 2.44 bits per heavy atom. The van der Waals surface area contributed by atoms with Gasteiger partial charge in [-0.2, -0.15) is 0 Å². The van der Waals surface area contributed by atoms with Crippen LogP contribution in [0.25, 0.3) is 0 Å². The van der Waals surface area contributed by atoms with Crippen LogP contribution in [-0.4, -0.2) is 48.7 Å². The molecule has 1 fully saturated rings. The minimum atomic E-state index is -0.837. The van der Waals surface area contributed by atoms with Crippen molar-refractivity contribution in [1.82, 2.24) is 4.90 Å². The second kappa shape index (κ2) is 5.71. The number of carboxylic acid groups (broad SMARTS) is 1. The Kier molecular flexibility index (Phi) is 4.24. The zero-order chi connectivity index (χ0) is 13.1. The van der Waals surface area contributed by atoms with Gasteiger partial charge in [0, 0.05) is 30.7 Å². The number of likely N-dealkylation sites (N-methyl/N-ethyl adjacent to an activating group) is 2. The third kappa shape index (κ3) is 2.84. The van der Waals surface area contributed by atoms with Crippen LogP contribution in [0.1, 0.15) is 29.4 Å². The average Bonchev–Trinajstić information content (AvgIpc) is 2.96. The van der Waals surface area contributed by atoms with Gasteiger partial charge >= 0.3 is 5.97 Å². The number of anilines is 1. The molecule has 2 heterocycles. The van der Waals surface area contributed by atoms with Gasteiger partial charge in [-0.05, 0) is 32.0 Å². The third-order valence-corrected chi connectivity index (χ3v) is 4.53. The first-order chi connectivity index (χ1) is 8.61. The number of hydrogen-bond acceptors (Lipinski definition) is 4. The van der Waals surface area contributed by atoms with Crippen molar-refractivity contribution in [2.75, 3.05) is 31.6 Å². The van der Waals surface area contributed by atoms with E-state index >= 15 is 0 Å². The van der Waals surface area contributed by atoms with Gasteiger partial charge in [0.15, 0.2) is 0 Å². The van der Waals surface area contributed by atoms with Crippen LogP contribution in [0, 0.1) is 0 Å². The molecule has 1 N–H and O–H groups in total. The van der Waals surface area contributed by atoms with E-state index in [1.165, 1.54) is 30.7 Å². The highest BCUT2D eigenvalue weighted by Gasteiger charge is 2.24. The van der Waals surface area contributed by atoms with Gasteiger partial charge in [-0.3, -0.25) is 4.90 Å². The van der Waals surface area contributed by atoms with Crippen LogP contribution in [0.3, 0.4) is 0 Å². The van der Waals surface area contributed by atoms with Crippen LogP contribution < -0.4 is 4.90 Å². The third-order valence-electron chi connectivity index (χ3n) is 3.63. The monoisotopic (exact) mass is 268 g/mol. The van der Waals surface area contributed by atoms with E-state index in [1.54, 1.807) is 6.07 Å². The number of carbonyl (C=O) groups is 1. The van der Waals surface area contributed by atoms with E-state index in [4.69, 9.17) is 5.11 Å². The number of hydrogen-bond donors (Lipinski definition) is 1. The molecule has 5 heteroatoms. The molecule has 0 spiro atoms. The summed E-state index contributed by atoms with van der Waals surface area (Å²) in [6.45, 7) is 5.47. The highest BCUT2D eigenvalue weighted by Crippen LogP contribution is 2.25. The topological polar surface area (TPSA) is 43.8 Å². The van der Waals surface area contributed by atoms with Gasteiger partial charge in [-0.1, -0.05) is 6.92 Å². The lowest BCUT2D eigenvalue weighted by atomic mass is 10.2. The van der Waals surface area contributed by atoms with E-state index in [2.05, 4.69) is 16.7 Å². The van der Waals surface area contributed by atoms with E-state index in [-0.39, 0.29) is 0 Å². The summed E-state index contributed by atoms with van der Waals surface area (Å²) in [5, 5.41) is 10.9. The molecule has 1 unspecified atom stereocenters. The zero-order valence-electron chi connectivity index (χ0n) is 10.9. The van der Waals surface area contributed by atoms with Crippen LogP contribution in [0.15, 0.2) is 11.4 Å². The first kappa shape index (κ1) is 13.4. The van der Waals surface area contributed by atoms with Gasteiger partial charge in [0.05, 0.1) is 0 Å². The molecule has 0 saturated carbocycles. The van der Waals surface area contributed by atoms with Crippen molar-refractivity contribution in [3.63, 3.8) is 0 Å². The van der Waals surface area contributed by atoms with Crippen molar-refractivity contribution < 1.29 is 9.90 Å². The summed E-state index contributed by atoms with van der Waals surface area (Å²) in [7, 11) is 2.04. The number of aromatic carboxylic acids is 1. The van der Waals surface area contributed by atoms with Crippen LogP contribution in [-0.2, 0) is 0 Å². The number of nitrogens with zero attached hydrogens (tertiary/aromatic N) is 2. The van der Waals surface area contributed by atoms with Crippen molar-refractivity contribution in [2.24, 2.45) is 0 Å². The molecule has 1 aliphatic heterocycles. The van der Waals surface area contributed by atoms with E-state index in [1.807, 2.05) is 12.4 Å². The van der Waals surface area contributed by atoms with Gasteiger partial charge in [-0.25, -0.2) is 4.79 Å². The van der Waals surface area contributed by atoms with Gasteiger partial charge in [0.25, 0.3) is 0 Å². The molecule has 1 saturated heterocycles. The molecule has 0 bridgehead atoms. The summed E-state index contributed by atoms with van der Waals surface area (Å²) in [4.78, 5) is 15.9. The largest absolute Gasteiger partial charge is 0.477 e. The van der Waals surface area contributed by atoms with E-state index in [0.29, 0.717) is 10.9 Å². The lowest BCUT2D eigenvalue weighted by molar-refractivity contribution is 0.0702. The highest BCUT2D eigenvalue weighted by molar-refractivity contribution is 7.12. The smallest absolute Gasteiger partial charge is 0.345 e. The lowest BCUT2D eigenvalue weighted by Gasteiger charge is -2.28. The molecule has 0 aliphatic carbocycles. The van der Waals surface area contributed by atoms with E-state index in [9.17, 15) is 4.79 Å². The van der Waals surface area contributed by atoms with Gasteiger partial charge in [0.2, 0.25) is 0 Å². The Hall–Kier alpha value is -1.07. The van der Waals surface area contributed by atoms with E-state index < -0.39 is 5.97 Å². The molecule has 100 valence electrons. The molecule has 18 heavy (non-hydrogen) atoms. The SMILES string of the molecule is CCN1CCCC1CN(C)c1csc(C(=O)O)c1. The lowest BCUT2D eigenvalue weighted by Crippen LogP contribution is -2.38. The normalized spacial score (nSPS) is 20.2. The number of thiophene rings is 1. The predicted molar refractivity (Wildman–Crippen MR) is 74.8 cm³/mol. The number of rotatable bonds is 5. The standard InChI is InChI=1S/C13H20N2O2S/c1-3-15-6-4-5-10(15)8-14(2)11-7-12(13(16)17)18-9-11/h7,9-10H,3-6,8H2,1-2H3,(H,16,17). The first-order valence-electron chi connectivity index (χ1n) is 6.38. The van der Waals surface area contributed by atoms with Gasteiger partial charge < -0.3 is 10.0 Å². The van der Waals surface area contributed by atoms with Crippen LogP contribution >= 0.6 is 11.3 Å². The number of likely N-dealkylation sites (tertiary alicyclic amines) is 1. The maximum absolute atomic E-state index is 10.9.